The highest BCUT2D eigenvalue weighted by Gasteiger charge is 2.44. The molecule has 0 aliphatic heterocycles. The summed E-state index contributed by atoms with van der Waals surface area (Å²) in [7, 11) is -2.46. The first-order valence-electron chi connectivity index (χ1n) is 7.08. The lowest BCUT2D eigenvalue weighted by atomic mass is 10.2. The average molecular weight is 301 g/mol. The fourth-order valence-electron chi connectivity index (χ4n) is 2.33. The molecule has 2 nitrogen and oxygen atoms in total. The standard InChI is InChI=1S/C15H25ClO2Si/c1-6-13-9-10-15(14(16)11-13)19(12(4)5,17-7-2)18-8-3/h9-12H,6-8H2,1-5H3. The second-order valence-corrected chi connectivity index (χ2v) is 8.87. The van der Waals surface area contributed by atoms with Crippen LogP contribution in [0.25, 0.3) is 0 Å². The minimum atomic E-state index is -2.46. The van der Waals surface area contributed by atoms with E-state index in [1.807, 2.05) is 19.9 Å². The second kappa shape index (κ2) is 7.43. The molecule has 0 aromatic heterocycles. The fraction of sp³-hybridized carbons (Fsp3) is 0.600. The summed E-state index contributed by atoms with van der Waals surface area (Å²) >= 11 is 6.48. The molecule has 0 aliphatic rings. The van der Waals surface area contributed by atoms with Crippen molar-refractivity contribution in [1.82, 2.24) is 0 Å². The molecular weight excluding hydrogens is 276 g/mol. The summed E-state index contributed by atoms with van der Waals surface area (Å²) in [6.07, 6.45) is 0.986. The van der Waals surface area contributed by atoms with Gasteiger partial charge in [0.15, 0.2) is 0 Å². The Labute approximate surface area is 123 Å². The van der Waals surface area contributed by atoms with Gasteiger partial charge in [-0.3, -0.25) is 0 Å². The zero-order valence-electron chi connectivity index (χ0n) is 12.6. The van der Waals surface area contributed by atoms with Crippen molar-refractivity contribution in [3.63, 3.8) is 0 Å². The summed E-state index contributed by atoms with van der Waals surface area (Å²) in [6.45, 7) is 11.8. The van der Waals surface area contributed by atoms with Crippen LogP contribution in [0.3, 0.4) is 0 Å². The second-order valence-electron chi connectivity index (χ2n) is 4.86. The third kappa shape index (κ3) is 3.60. The molecule has 108 valence electrons. The van der Waals surface area contributed by atoms with Crippen molar-refractivity contribution in [1.29, 1.82) is 0 Å². The van der Waals surface area contributed by atoms with Crippen LogP contribution in [-0.2, 0) is 15.3 Å². The highest BCUT2D eigenvalue weighted by Crippen LogP contribution is 2.27. The Hall–Kier alpha value is -0.353. The molecule has 0 heterocycles. The van der Waals surface area contributed by atoms with E-state index in [-0.39, 0.29) is 0 Å². The van der Waals surface area contributed by atoms with Crippen LogP contribution in [0, 0.1) is 0 Å². The molecule has 1 aromatic rings. The van der Waals surface area contributed by atoms with Crippen LogP contribution < -0.4 is 5.19 Å². The molecule has 1 rings (SSSR count). The lowest BCUT2D eigenvalue weighted by molar-refractivity contribution is 0.188. The first kappa shape index (κ1) is 16.7. The number of benzene rings is 1. The van der Waals surface area contributed by atoms with Crippen molar-refractivity contribution in [2.24, 2.45) is 0 Å². The van der Waals surface area contributed by atoms with Crippen molar-refractivity contribution in [2.75, 3.05) is 13.2 Å². The molecule has 0 N–H and O–H groups in total. The largest absolute Gasteiger partial charge is 0.391 e. The van der Waals surface area contributed by atoms with E-state index in [1.165, 1.54) is 5.56 Å². The molecule has 0 saturated heterocycles. The van der Waals surface area contributed by atoms with Crippen LogP contribution in [0.15, 0.2) is 18.2 Å². The van der Waals surface area contributed by atoms with Gasteiger partial charge in [-0.1, -0.05) is 44.5 Å². The van der Waals surface area contributed by atoms with Crippen molar-refractivity contribution >= 4 is 25.3 Å². The molecule has 0 amide bonds. The number of halogens is 1. The van der Waals surface area contributed by atoms with Gasteiger partial charge < -0.3 is 8.85 Å². The van der Waals surface area contributed by atoms with Gasteiger partial charge in [0.05, 0.1) is 0 Å². The van der Waals surface area contributed by atoms with Gasteiger partial charge in [-0.05, 0) is 31.9 Å². The number of hydrogen-bond acceptors (Lipinski definition) is 2. The van der Waals surface area contributed by atoms with E-state index in [4.69, 9.17) is 20.5 Å². The minimum absolute atomic E-state index is 0.317. The van der Waals surface area contributed by atoms with Crippen LogP contribution in [-0.4, -0.2) is 21.8 Å². The molecule has 0 saturated carbocycles. The third-order valence-corrected chi connectivity index (χ3v) is 7.91. The van der Waals surface area contributed by atoms with Gasteiger partial charge in [-0.25, -0.2) is 0 Å². The van der Waals surface area contributed by atoms with Gasteiger partial charge in [0.2, 0.25) is 0 Å². The van der Waals surface area contributed by atoms with E-state index in [0.29, 0.717) is 18.8 Å². The summed E-state index contributed by atoms with van der Waals surface area (Å²) in [6, 6.07) is 6.27. The van der Waals surface area contributed by atoms with E-state index in [1.54, 1.807) is 0 Å². The highest BCUT2D eigenvalue weighted by atomic mass is 35.5. The van der Waals surface area contributed by atoms with Crippen molar-refractivity contribution in [3.05, 3.63) is 28.8 Å². The van der Waals surface area contributed by atoms with Gasteiger partial charge in [0, 0.05) is 29.0 Å². The lowest BCUT2D eigenvalue weighted by Crippen LogP contribution is -2.56. The zero-order valence-corrected chi connectivity index (χ0v) is 14.4. The maximum Gasteiger partial charge on any atom is 0.376 e. The van der Waals surface area contributed by atoms with Gasteiger partial charge in [0.1, 0.15) is 0 Å². The van der Waals surface area contributed by atoms with E-state index >= 15 is 0 Å². The predicted octanol–water partition coefficient (Wildman–Crippen LogP) is 4.03. The first-order valence-corrected chi connectivity index (χ1v) is 9.35. The number of rotatable bonds is 7. The smallest absolute Gasteiger partial charge is 0.376 e. The van der Waals surface area contributed by atoms with Crippen LogP contribution >= 0.6 is 11.6 Å². The van der Waals surface area contributed by atoms with E-state index in [0.717, 1.165) is 16.6 Å². The monoisotopic (exact) mass is 300 g/mol. The summed E-state index contributed by atoms with van der Waals surface area (Å²) in [5.74, 6) is 0. The van der Waals surface area contributed by atoms with Crippen molar-refractivity contribution in [2.45, 2.75) is 46.6 Å². The quantitative estimate of drug-likeness (QED) is 0.708. The number of aryl methyl sites for hydroxylation is 1. The van der Waals surface area contributed by atoms with Crippen LogP contribution in [0.5, 0.6) is 0 Å². The maximum atomic E-state index is 6.48. The predicted molar refractivity (Wildman–Crippen MR) is 84.6 cm³/mol. The molecule has 1 aromatic carbocycles. The SMILES string of the molecule is CCO[Si](OCC)(c1ccc(CC)cc1Cl)C(C)C. The highest BCUT2D eigenvalue weighted by molar-refractivity contribution is 6.84. The first-order chi connectivity index (χ1) is 9.01. The Morgan fingerprint density at radius 3 is 2.05 bits per heavy atom. The summed E-state index contributed by atoms with van der Waals surface area (Å²) in [5.41, 5.74) is 1.56. The van der Waals surface area contributed by atoms with Gasteiger partial charge in [-0.15, -0.1) is 0 Å². The van der Waals surface area contributed by atoms with Gasteiger partial charge in [-0.2, -0.15) is 0 Å². The summed E-state index contributed by atoms with van der Waals surface area (Å²) < 4.78 is 12.2. The molecule has 0 unspecified atom stereocenters. The summed E-state index contributed by atoms with van der Waals surface area (Å²) in [5, 5.41) is 1.84. The van der Waals surface area contributed by atoms with E-state index in [2.05, 4.69) is 32.9 Å². The Morgan fingerprint density at radius 2 is 1.68 bits per heavy atom. The lowest BCUT2D eigenvalue weighted by Gasteiger charge is -2.34. The molecular formula is C15H25ClO2Si. The Balaban J connectivity index is 3.30. The topological polar surface area (TPSA) is 18.5 Å². The van der Waals surface area contributed by atoms with Gasteiger partial charge >= 0.3 is 8.56 Å². The molecule has 0 aliphatic carbocycles. The summed E-state index contributed by atoms with van der Waals surface area (Å²) in [4.78, 5) is 0. The molecule has 0 bridgehead atoms. The Kier molecular flexibility index (Phi) is 6.53. The van der Waals surface area contributed by atoms with Crippen LogP contribution in [0.2, 0.25) is 10.6 Å². The van der Waals surface area contributed by atoms with Crippen molar-refractivity contribution < 1.29 is 8.85 Å². The molecule has 0 fully saturated rings. The molecule has 0 radical (unpaired) electrons. The number of hydrogen-bond donors (Lipinski definition) is 0. The van der Waals surface area contributed by atoms with Crippen molar-refractivity contribution in [3.8, 4) is 0 Å². The maximum absolute atomic E-state index is 6.48. The fourth-order valence-corrected chi connectivity index (χ4v) is 6.19. The van der Waals surface area contributed by atoms with E-state index in [9.17, 15) is 0 Å². The Bertz CT molecular complexity index is 401. The molecule has 19 heavy (non-hydrogen) atoms. The molecule has 0 atom stereocenters. The average Bonchev–Trinajstić information content (AvgIpc) is 2.38. The van der Waals surface area contributed by atoms with E-state index < -0.39 is 8.56 Å². The normalized spacial score (nSPS) is 12.2. The third-order valence-electron chi connectivity index (χ3n) is 3.29. The molecule has 0 spiro atoms. The Morgan fingerprint density at radius 1 is 1.11 bits per heavy atom. The van der Waals surface area contributed by atoms with Gasteiger partial charge in [0.25, 0.3) is 0 Å². The zero-order chi connectivity index (χ0) is 14.5. The van der Waals surface area contributed by atoms with Crippen LogP contribution in [0.1, 0.15) is 40.2 Å². The minimum Gasteiger partial charge on any atom is -0.391 e. The van der Waals surface area contributed by atoms with Crippen LogP contribution in [0.4, 0.5) is 0 Å². The molecule has 4 heteroatoms.